The molecule has 2 aliphatic rings. The third-order valence-electron chi connectivity index (χ3n) is 6.76. The number of benzene rings is 2. The average Bonchev–Trinajstić information content (AvgIpc) is 3.13. The van der Waals surface area contributed by atoms with Crippen LogP contribution in [-0.2, 0) is 14.3 Å². The Labute approximate surface area is 218 Å². The lowest BCUT2D eigenvalue weighted by atomic mass is 9.93. The highest BCUT2D eigenvalue weighted by atomic mass is 16.5. The molecule has 8 heteroatoms. The number of Topliss-reactive ketones (excluding diaryl/α,β-unsaturated/α-hetero) is 1. The normalized spacial score (nSPS) is 20.1. The van der Waals surface area contributed by atoms with Gasteiger partial charge in [0.25, 0.3) is 11.7 Å². The summed E-state index contributed by atoms with van der Waals surface area (Å²) in [6.45, 7) is 10.8. The fraction of sp³-hybridized carbons (Fsp3) is 0.448. The first-order valence-corrected chi connectivity index (χ1v) is 12.9. The van der Waals surface area contributed by atoms with Crippen LogP contribution in [0.4, 0.5) is 0 Å². The van der Waals surface area contributed by atoms with Crippen LogP contribution in [0.1, 0.15) is 43.0 Å². The minimum Gasteiger partial charge on any atom is -0.508 e. The fourth-order valence-electron chi connectivity index (χ4n) is 4.80. The zero-order chi connectivity index (χ0) is 26.5. The number of morpholine rings is 1. The summed E-state index contributed by atoms with van der Waals surface area (Å²) in [4.78, 5) is 30.3. The number of hydrogen-bond acceptors (Lipinski definition) is 7. The highest BCUT2D eigenvalue weighted by molar-refractivity contribution is 6.46. The van der Waals surface area contributed by atoms with Crippen LogP contribution in [0.15, 0.2) is 48.0 Å². The van der Waals surface area contributed by atoms with Gasteiger partial charge >= 0.3 is 0 Å². The van der Waals surface area contributed by atoms with Crippen molar-refractivity contribution in [2.45, 2.75) is 33.2 Å². The Bertz CT molecular complexity index is 1150. The number of ether oxygens (including phenoxy) is 2. The third-order valence-corrected chi connectivity index (χ3v) is 6.76. The van der Waals surface area contributed by atoms with Gasteiger partial charge in [-0.2, -0.15) is 0 Å². The summed E-state index contributed by atoms with van der Waals surface area (Å²) in [6.07, 6.45) is 0.683. The van der Waals surface area contributed by atoms with Crippen LogP contribution in [0.5, 0.6) is 11.5 Å². The van der Waals surface area contributed by atoms with Crippen molar-refractivity contribution in [1.29, 1.82) is 0 Å². The summed E-state index contributed by atoms with van der Waals surface area (Å²) in [5, 5.41) is 21.2. The molecule has 2 N–H and O–H groups in total. The second kappa shape index (κ2) is 11.8. The number of aliphatic hydroxyl groups is 1. The summed E-state index contributed by atoms with van der Waals surface area (Å²) >= 11 is 0. The predicted octanol–water partition coefficient (Wildman–Crippen LogP) is 3.88. The summed E-state index contributed by atoms with van der Waals surface area (Å²) in [5.74, 6) is -0.405. The number of nitrogens with zero attached hydrogens (tertiary/aromatic N) is 2. The van der Waals surface area contributed by atoms with Gasteiger partial charge in [0.1, 0.15) is 17.3 Å². The van der Waals surface area contributed by atoms with E-state index in [-0.39, 0.29) is 17.1 Å². The molecule has 2 aromatic carbocycles. The van der Waals surface area contributed by atoms with Crippen LogP contribution in [0.25, 0.3) is 5.76 Å². The van der Waals surface area contributed by atoms with Gasteiger partial charge in [0.15, 0.2) is 0 Å². The van der Waals surface area contributed by atoms with Gasteiger partial charge in [-0.25, -0.2) is 0 Å². The highest BCUT2D eigenvalue weighted by Crippen LogP contribution is 2.40. The fourth-order valence-corrected chi connectivity index (χ4v) is 4.80. The summed E-state index contributed by atoms with van der Waals surface area (Å²) in [7, 11) is 0. The summed E-state index contributed by atoms with van der Waals surface area (Å²) < 4.78 is 11.2. The molecular weight excluding hydrogens is 472 g/mol. The van der Waals surface area contributed by atoms with E-state index < -0.39 is 17.7 Å². The van der Waals surface area contributed by atoms with Gasteiger partial charge in [0.05, 0.1) is 31.4 Å². The van der Waals surface area contributed by atoms with Crippen LogP contribution in [0, 0.1) is 12.8 Å². The first kappa shape index (κ1) is 26.7. The number of carbonyl (C=O) groups excluding carboxylic acids is 2. The minimum absolute atomic E-state index is 0.0565. The molecule has 0 spiro atoms. The molecule has 198 valence electrons. The van der Waals surface area contributed by atoms with Crippen molar-refractivity contribution in [1.82, 2.24) is 9.80 Å². The zero-order valence-corrected chi connectivity index (χ0v) is 21.8. The number of amides is 1. The van der Waals surface area contributed by atoms with E-state index in [0.717, 1.165) is 25.2 Å². The lowest BCUT2D eigenvalue weighted by Crippen LogP contribution is -2.38. The van der Waals surface area contributed by atoms with E-state index >= 15 is 0 Å². The van der Waals surface area contributed by atoms with Gasteiger partial charge in [-0.1, -0.05) is 26.0 Å². The largest absolute Gasteiger partial charge is 0.508 e. The molecule has 1 atom stereocenters. The number of phenols is 1. The number of hydrogen-bond donors (Lipinski definition) is 2. The number of ketones is 1. The molecule has 2 aromatic rings. The van der Waals surface area contributed by atoms with Crippen molar-refractivity contribution >= 4 is 17.4 Å². The Kier molecular flexibility index (Phi) is 8.51. The van der Waals surface area contributed by atoms with E-state index in [0.29, 0.717) is 55.6 Å². The zero-order valence-electron chi connectivity index (χ0n) is 21.8. The molecule has 2 heterocycles. The van der Waals surface area contributed by atoms with Crippen LogP contribution in [-0.4, -0.2) is 77.7 Å². The summed E-state index contributed by atoms with van der Waals surface area (Å²) in [6, 6.07) is 11.0. The number of carbonyl (C=O) groups is 2. The number of rotatable bonds is 9. The molecule has 2 saturated heterocycles. The van der Waals surface area contributed by atoms with Gasteiger partial charge < -0.3 is 24.6 Å². The molecule has 4 rings (SSSR count). The van der Waals surface area contributed by atoms with Crippen molar-refractivity contribution in [3.8, 4) is 11.5 Å². The maximum absolute atomic E-state index is 13.3. The third kappa shape index (κ3) is 6.14. The standard InChI is InChI=1S/C29H36N2O6/c1-19(2)18-37-23-9-10-24(20(3)17-23)27(33)25-26(21-5-7-22(32)8-6-21)31(29(35)28(25)34)12-4-11-30-13-15-36-16-14-30/h5-10,17,19,26,32-33H,4,11-16,18H2,1-3H3/b27-25+/t26-/m0/s1. The molecule has 0 unspecified atom stereocenters. The van der Waals surface area contributed by atoms with Crippen molar-refractivity contribution in [3.05, 3.63) is 64.7 Å². The van der Waals surface area contributed by atoms with Gasteiger partial charge in [-0.15, -0.1) is 0 Å². The second-order valence-corrected chi connectivity index (χ2v) is 10.1. The van der Waals surface area contributed by atoms with Crippen molar-refractivity contribution in [2.24, 2.45) is 5.92 Å². The molecule has 8 nitrogen and oxygen atoms in total. The van der Waals surface area contributed by atoms with E-state index in [1.807, 2.05) is 13.0 Å². The van der Waals surface area contributed by atoms with Gasteiger partial charge in [-0.05, 0) is 60.7 Å². The predicted molar refractivity (Wildman–Crippen MR) is 141 cm³/mol. The number of aromatic hydroxyl groups is 1. The number of aryl methyl sites for hydroxylation is 1. The lowest BCUT2D eigenvalue weighted by Gasteiger charge is -2.29. The first-order chi connectivity index (χ1) is 17.8. The maximum atomic E-state index is 13.3. The number of phenolic OH excluding ortho intramolecular Hbond substituents is 1. The molecule has 2 aliphatic heterocycles. The van der Waals surface area contributed by atoms with E-state index in [9.17, 15) is 19.8 Å². The molecular formula is C29H36N2O6. The highest BCUT2D eigenvalue weighted by Gasteiger charge is 2.46. The first-order valence-electron chi connectivity index (χ1n) is 12.9. The molecule has 0 saturated carbocycles. The van der Waals surface area contributed by atoms with E-state index in [1.165, 1.54) is 17.0 Å². The monoisotopic (exact) mass is 508 g/mol. The van der Waals surface area contributed by atoms with Gasteiger partial charge in [0, 0.05) is 31.7 Å². The minimum atomic E-state index is -0.749. The molecule has 1 amide bonds. The second-order valence-electron chi connectivity index (χ2n) is 10.1. The van der Waals surface area contributed by atoms with Crippen molar-refractivity contribution < 1.29 is 29.3 Å². The molecule has 0 bridgehead atoms. The molecule has 0 aliphatic carbocycles. The van der Waals surface area contributed by atoms with Crippen LogP contribution in [0.2, 0.25) is 0 Å². The molecule has 0 aromatic heterocycles. The van der Waals surface area contributed by atoms with Gasteiger partial charge in [0.2, 0.25) is 0 Å². The molecule has 37 heavy (non-hydrogen) atoms. The number of aliphatic hydroxyl groups excluding tert-OH is 1. The van der Waals surface area contributed by atoms with E-state index in [4.69, 9.17) is 9.47 Å². The van der Waals surface area contributed by atoms with Crippen LogP contribution >= 0.6 is 0 Å². The van der Waals surface area contributed by atoms with Crippen molar-refractivity contribution in [2.75, 3.05) is 46.0 Å². The Hall–Kier alpha value is -3.36. The van der Waals surface area contributed by atoms with Crippen LogP contribution in [0.3, 0.4) is 0 Å². The Morgan fingerprint density at radius 1 is 1.08 bits per heavy atom. The molecule has 0 radical (unpaired) electrons. The Morgan fingerprint density at radius 3 is 2.43 bits per heavy atom. The van der Waals surface area contributed by atoms with Crippen LogP contribution < -0.4 is 4.74 Å². The summed E-state index contributed by atoms with van der Waals surface area (Å²) in [5.41, 5.74) is 1.93. The molecule has 2 fully saturated rings. The van der Waals surface area contributed by atoms with E-state index in [2.05, 4.69) is 18.7 Å². The Balaban J connectivity index is 1.65. The van der Waals surface area contributed by atoms with Gasteiger partial charge in [-0.3, -0.25) is 14.5 Å². The van der Waals surface area contributed by atoms with E-state index in [1.54, 1.807) is 24.3 Å². The topological polar surface area (TPSA) is 99.5 Å². The average molecular weight is 509 g/mol. The quantitative estimate of drug-likeness (QED) is 0.301. The Morgan fingerprint density at radius 2 is 1.78 bits per heavy atom. The SMILES string of the molecule is Cc1cc(OCC(C)C)ccc1/C(O)=C1\C(=O)C(=O)N(CCCN2CCOCC2)[C@H]1c1ccc(O)cc1. The maximum Gasteiger partial charge on any atom is 0.295 e. The lowest BCUT2D eigenvalue weighted by molar-refractivity contribution is -0.140. The van der Waals surface area contributed by atoms with Crippen molar-refractivity contribution in [3.63, 3.8) is 0 Å². The number of likely N-dealkylation sites (tertiary alicyclic amines) is 1. The smallest absolute Gasteiger partial charge is 0.295 e.